The summed E-state index contributed by atoms with van der Waals surface area (Å²) in [6.45, 7) is 4.35. The van der Waals surface area contributed by atoms with Gasteiger partial charge >= 0.3 is 0 Å². The van der Waals surface area contributed by atoms with E-state index in [0.717, 1.165) is 39.7 Å². The Hall–Kier alpha value is -8.98. The van der Waals surface area contributed by atoms with Crippen molar-refractivity contribution in [2.24, 2.45) is 0 Å². The van der Waals surface area contributed by atoms with Crippen LogP contribution in [0.4, 0.5) is 34.1 Å². The largest absolute Gasteiger partial charge is 0.311 e. The third-order valence-corrected chi connectivity index (χ3v) is 13.3. The molecule has 0 bridgehead atoms. The summed E-state index contributed by atoms with van der Waals surface area (Å²) in [6, 6.07) is 101. The number of hydrogen-bond acceptors (Lipinski definition) is 2. The predicted molar refractivity (Wildman–Crippen MR) is 298 cm³/mol. The lowest BCUT2D eigenvalue weighted by Crippen LogP contribution is -2.10. The molecule has 0 aliphatic heterocycles. The molecule has 0 fully saturated rings. The minimum atomic E-state index is 1.09. The zero-order chi connectivity index (χ0) is 47.2. The molecule has 334 valence electrons. The van der Waals surface area contributed by atoms with Crippen LogP contribution in [0.1, 0.15) is 11.1 Å². The van der Waals surface area contributed by atoms with E-state index in [2.05, 4.69) is 303 Å². The van der Waals surface area contributed by atoms with Gasteiger partial charge in [0.05, 0.1) is 0 Å². The lowest BCUT2D eigenvalue weighted by atomic mass is 9.89. The Bertz CT molecular complexity index is 3490. The SMILES string of the molecule is Cc1ccc(N(c2ccc(-c3ccccc3)cc2)c2ccc(-c3ccc(-c4cc(N(c5ccccc5)c5ccc(-c6ccccc6-c6ccccc6)cc5)ccc4C)cc3-c3ccccc3)cc2)cc1. The van der Waals surface area contributed by atoms with Gasteiger partial charge in [0.25, 0.3) is 0 Å². The first kappa shape index (κ1) is 43.6. The Morgan fingerprint density at radius 2 is 0.529 bits per heavy atom. The number of anilines is 6. The van der Waals surface area contributed by atoms with Crippen molar-refractivity contribution >= 4 is 34.1 Å². The van der Waals surface area contributed by atoms with Gasteiger partial charge in [-0.15, -0.1) is 0 Å². The van der Waals surface area contributed by atoms with E-state index < -0.39 is 0 Å². The molecule has 0 radical (unpaired) electrons. The fourth-order valence-corrected chi connectivity index (χ4v) is 9.66. The fraction of sp³-hybridized carbons (Fsp3) is 0.0294. The van der Waals surface area contributed by atoms with Crippen molar-refractivity contribution < 1.29 is 0 Å². The number of para-hydroxylation sites is 1. The standard InChI is InChI=1S/C68H52N2/c1-49-27-37-59(38-28-49)69(60-40-30-52(31-41-60)51-17-7-3-8-18-51)61-42-34-56(35-43-61)66-46-36-57(47-68(66)54-21-11-5-12-22-54)67-48-63(39-29-50(67)2)70(58-23-13-6-14-24-58)62-44-32-55(33-45-62)65-26-16-15-25-64(65)53-19-9-4-10-20-53/h3-48H,1-2H3. The van der Waals surface area contributed by atoms with Crippen LogP contribution in [-0.2, 0) is 0 Å². The van der Waals surface area contributed by atoms with Crippen LogP contribution in [0.15, 0.2) is 279 Å². The summed E-state index contributed by atoms with van der Waals surface area (Å²) >= 11 is 0. The molecule has 0 amide bonds. The lowest BCUT2D eigenvalue weighted by molar-refractivity contribution is 1.27. The third kappa shape index (κ3) is 9.07. The van der Waals surface area contributed by atoms with Gasteiger partial charge in [-0.25, -0.2) is 0 Å². The average Bonchev–Trinajstić information content (AvgIpc) is 3.43. The summed E-state index contributed by atoms with van der Waals surface area (Å²) in [5.41, 5.74) is 23.4. The van der Waals surface area contributed by atoms with E-state index in [-0.39, 0.29) is 0 Å². The van der Waals surface area contributed by atoms with Gasteiger partial charge in [0.2, 0.25) is 0 Å². The highest BCUT2D eigenvalue weighted by atomic mass is 15.1. The molecule has 11 aromatic rings. The summed E-state index contributed by atoms with van der Waals surface area (Å²) in [5, 5.41) is 0. The molecule has 70 heavy (non-hydrogen) atoms. The van der Waals surface area contributed by atoms with E-state index >= 15 is 0 Å². The molecule has 0 aliphatic carbocycles. The first-order valence-electron chi connectivity index (χ1n) is 24.1. The van der Waals surface area contributed by atoms with Gasteiger partial charge in [-0.1, -0.05) is 206 Å². The molecule has 2 nitrogen and oxygen atoms in total. The third-order valence-electron chi connectivity index (χ3n) is 13.3. The molecule has 0 unspecified atom stereocenters. The van der Waals surface area contributed by atoms with Crippen LogP contribution in [0, 0.1) is 13.8 Å². The molecule has 0 saturated carbocycles. The molecule has 11 aromatic carbocycles. The normalized spacial score (nSPS) is 11.0. The quantitative estimate of drug-likeness (QED) is 0.121. The van der Waals surface area contributed by atoms with E-state index in [9.17, 15) is 0 Å². The Balaban J connectivity index is 0.950. The molecule has 0 atom stereocenters. The number of nitrogens with zero attached hydrogens (tertiary/aromatic N) is 2. The molecule has 0 heterocycles. The van der Waals surface area contributed by atoms with Gasteiger partial charge < -0.3 is 9.80 Å². The van der Waals surface area contributed by atoms with E-state index in [1.807, 2.05) is 0 Å². The maximum absolute atomic E-state index is 2.38. The first-order valence-corrected chi connectivity index (χ1v) is 24.1. The van der Waals surface area contributed by atoms with Crippen molar-refractivity contribution in [1.29, 1.82) is 0 Å². The summed E-state index contributed by atoms with van der Waals surface area (Å²) < 4.78 is 0. The molecule has 0 saturated heterocycles. The molecular formula is C68H52N2. The zero-order valence-corrected chi connectivity index (χ0v) is 39.5. The molecule has 2 heteroatoms. The van der Waals surface area contributed by atoms with Gasteiger partial charge in [0.1, 0.15) is 0 Å². The van der Waals surface area contributed by atoms with E-state index in [0.29, 0.717) is 0 Å². The van der Waals surface area contributed by atoms with Crippen LogP contribution in [0.2, 0.25) is 0 Å². The maximum Gasteiger partial charge on any atom is 0.0467 e. The lowest BCUT2D eigenvalue weighted by Gasteiger charge is -2.27. The summed E-state index contributed by atoms with van der Waals surface area (Å²) in [4.78, 5) is 4.70. The fourth-order valence-electron chi connectivity index (χ4n) is 9.66. The van der Waals surface area contributed by atoms with Gasteiger partial charge in [0, 0.05) is 34.1 Å². The number of rotatable bonds is 12. The number of hydrogen-bond donors (Lipinski definition) is 0. The minimum Gasteiger partial charge on any atom is -0.311 e. The summed E-state index contributed by atoms with van der Waals surface area (Å²) in [5.74, 6) is 0. The molecule has 0 aliphatic rings. The van der Waals surface area contributed by atoms with Crippen LogP contribution < -0.4 is 9.80 Å². The second-order valence-corrected chi connectivity index (χ2v) is 17.9. The van der Waals surface area contributed by atoms with Crippen molar-refractivity contribution in [1.82, 2.24) is 0 Å². The van der Waals surface area contributed by atoms with Crippen LogP contribution in [0.3, 0.4) is 0 Å². The van der Waals surface area contributed by atoms with E-state index in [1.54, 1.807) is 0 Å². The van der Waals surface area contributed by atoms with E-state index in [4.69, 9.17) is 0 Å². The van der Waals surface area contributed by atoms with Gasteiger partial charge in [0.15, 0.2) is 0 Å². The second kappa shape index (κ2) is 19.7. The van der Waals surface area contributed by atoms with Gasteiger partial charge in [-0.3, -0.25) is 0 Å². The molecular weight excluding hydrogens is 845 g/mol. The number of benzene rings is 11. The highest BCUT2D eigenvalue weighted by Crippen LogP contribution is 2.43. The molecule has 11 rings (SSSR count). The second-order valence-electron chi connectivity index (χ2n) is 17.9. The van der Waals surface area contributed by atoms with Crippen LogP contribution in [0.5, 0.6) is 0 Å². The Kier molecular flexibility index (Phi) is 12.3. The number of aryl methyl sites for hydroxylation is 2. The van der Waals surface area contributed by atoms with Crippen molar-refractivity contribution in [2.45, 2.75) is 13.8 Å². The molecule has 0 aromatic heterocycles. The van der Waals surface area contributed by atoms with Crippen molar-refractivity contribution in [3.05, 3.63) is 290 Å². The Morgan fingerprint density at radius 1 is 0.200 bits per heavy atom. The zero-order valence-electron chi connectivity index (χ0n) is 39.5. The van der Waals surface area contributed by atoms with Crippen molar-refractivity contribution in [3.8, 4) is 66.8 Å². The minimum absolute atomic E-state index is 1.09. The summed E-state index contributed by atoms with van der Waals surface area (Å²) in [6.07, 6.45) is 0. The average molecular weight is 897 g/mol. The monoisotopic (exact) mass is 896 g/mol. The maximum atomic E-state index is 2.38. The van der Waals surface area contributed by atoms with E-state index in [1.165, 1.54) is 72.3 Å². The highest BCUT2D eigenvalue weighted by Gasteiger charge is 2.19. The highest BCUT2D eigenvalue weighted by molar-refractivity contribution is 5.91. The topological polar surface area (TPSA) is 6.48 Å². The molecule has 0 N–H and O–H groups in total. The van der Waals surface area contributed by atoms with Crippen molar-refractivity contribution in [3.63, 3.8) is 0 Å². The van der Waals surface area contributed by atoms with Gasteiger partial charge in [-0.05, 0) is 165 Å². The first-order chi connectivity index (χ1) is 34.5. The molecule has 0 spiro atoms. The Labute approximate surface area is 412 Å². The summed E-state index contributed by atoms with van der Waals surface area (Å²) in [7, 11) is 0. The smallest absolute Gasteiger partial charge is 0.0467 e. The van der Waals surface area contributed by atoms with Crippen LogP contribution >= 0.6 is 0 Å². The Morgan fingerprint density at radius 3 is 1.04 bits per heavy atom. The van der Waals surface area contributed by atoms with Crippen LogP contribution in [-0.4, -0.2) is 0 Å². The predicted octanol–water partition coefficient (Wildman–Crippen LogP) is 19.2. The van der Waals surface area contributed by atoms with Crippen LogP contribution in [0.25, 0.3) is 66.8 Å². The van der Waals surface area contributed by atoms with Gasteiger partial charge in [-0.2, -0.15) is 0 Å². The van der Waals surface area contributed by atoms with Crippen molar-refractivity contribution in [2.75, 3.05) is 9.80 Å².